The normalized spacial score (nSPS) is 21.4. The van der Waals surface area contributed by atoms with Crippen molar-refractivity contribution in [3.05, 3.63) is 71.8 Å². The quantitative estimate of drug-likeness (QED) is 0.446. The average Bonchev–Trinajstić information content (AvgIpc) is 3.38. The fraction of sp³-hybridized carbons (Fsp3) is 0.286. The van der Waals surface area contributed by atoms with Crippen molar-refractivity contribution >= 4 is 29.1 Å². The number of hydrogen-bond acceptors (Lipinski definition) is 6. The summed E-state index contributed by atoms with van der Waals surface area (Å²) in [6.07, 6.45) is 5.26. The maximum absolute atomic E-state index is 6.57. The van der Waals surface area contributed by atoms with E-state index in [1.807, 2.05) is 47.2 Å². The maximum Gasteiger partial charge on any atom is 0.215 e. The van der Waals surface area contributed by atoms with Crippen molar-refractivity contribution in [3.63, 3.8) is 0 Å². The molecule has 1 aliphatic rings. The highest BCUT2D eigenvalue weighted by Crippen LogP contribution is 2.41. The standard InChI is InChI=1S/C21H22ClN3O3S/c1-26-16-4-7-19(20(22)10-16)21(13-25-9-8-24-14-25)27-11-17(28-21)12-29-18-5-2-15(23)3-6-18/h2-10,14,17H,11-13,23H2,1H3/t17-,21+/m0/s1. The second kappa shape index (κ2) is 8.67. The first-order chi connectivity index (χ1) is 14.1. The van der Waals surface area contributed by atoms with Crippen molar-refractivity contribution in [1.82, 2.24) is 9.55 Å². The highest BCUT2D eigenvalue weighted by molar-refractivity contribution is 7.99. The maximum atomic E-state index is 6.57. The van der Waals surface area contributed by atoms with Crippen molar-refractivity contribution in [2.45, 2.75) is 23.3 Å². The monoisotopic (exact) mass is 431 g/mol. The number of rotatable bonds is 7. The Morgan fingerprint density at radius 2 is 2.14 bits per heavy atom. The molecule has 29 heavy (non-hydrogen) atoms. The molecule has 2 atom stereocenters. The lowest BCUT2D eigenvalue weighted by atomic mass is 10.1. The second-order valence-electron chi connectivity index (χ2n) is 6.76. The van der Waals surface area contributed by atoms with E-state index in [0.717, 1.165) is 21.9 Å². The molecule has 0 unspecified atom stereocenters. The van der Waals surface area contributed by atoms with E-state index in [2.05, 4.69) is 4.98 Å². The van der Waals surface area contributed by atoms with Crippen molar-refractivity contribution in [3.8, 4) is 5.75 Å². The molecule has 1 aromatic heterocycles. The SMILES string of the molecule is COc1ccc([C@]2(Cn3ccnc3)OC[C@@H](CSc3ccc(N)cc3)O2)c(Cl)c1. The number of hydrogen-bond donors (Lipinski definition) is 1. The highest BCUT2D eigenvalue weighted by Gasteiger charge is 2.45. The van der Waals surface area contributed by atoms with Gasteiger partial charge < -0.3 is 24.5 Å². The molecule has 8 heteroatoms. The fourth-order valence-electron chi connectivity index (χ4n) is 3.26. The molecule has 1 fully saturated rings. The number of thioether (sulfide) groups is 1. The Hall–Kier alpha value is -2.19. The van der Waals surface area contributed by atoms with Crippen molar-refractivity contribution in [1.29, 1.82) is 0 Å². The first-order valence-electron chi connectivity index (χ1n) is 9.18. The summed E-state index contributed by atoms with van der Waals surface area (Å²) >= 11 is 8.28. The summed E-state index contributed by atoms with van der Waals surface area (Å²) in [7, 11) is 1.61. The Morgan fingerprint density at radius 1 is 1.31 bits per heavy atom. The first kappa shape index (κ1) is 20.1. The third-order valence-electron chi connectivity index (χ3n) is 4.71. The van der Waals surface area contributed by atoms with Crippen LogP contribution in [0.25, 0.3) is 0 Å². The lowest BCUT2D eigenvalue weighted by molar-refractivity contribution is -0.184. The van der Waals surface area contributed by atoms with E-state index in [1.165, 1.54) is 0 Å². The Bertz CT molecular complexity index is 952. The zero-order chi connectivity index (χ0) is 20.3. The molecule has 0 saturated carbocycles. The van der Waals surface area contributed by atoms with Gasteiger partial charge in [0.15, 0.2) is 0 Å². The molecule has 0 radical (unpaired) electrons. The van der Waals surface area contributed by atoms with Crippen LogP contribution in [0, 0.1) is 0 Å². The van der Waals surface area contributed by atoms with Crippen LogP contribution in [0.4, 0.5) is 5.69 Å². The molecule has 0 amide bonds. The predicted octanol–water partition coefficient (Wildman–Crippen LogP) is 4.19. The summed E-state index contributed by atoms with van der Waals surface area (Å²) in [5.74, 6) is 0.449. The number of anilines is 1. The molecule has 0 aliphatic carbocycles. The van der Waals surface area contributed by atoms with Crippen LogP contribution >= 0.6 is 23.4 Å². The minimum absolute atomic E-state index is 0.0840. The second-order valence-corrected chi connectivity index (χ2v) is 8.27. The van der Waals surface area contributed by atoms with Gasteiger partial charge in [-0.3, -0.25) is 0 Å². The largest absolute Gasteiger partial charge is 0.497 e. The number of ether oxygens (including phenoxy) is 3. The zero-order valence-corrected chi connectivity index (χ0v) is 17.5. The third kappa shape index (κ3) is 4.53. The summed E-state index contributed by atoms with van der Waals surface area (Å²) < 4.78 is 19.9. The molecular formula is C21H22ClN3O3S. The molecule has 152 valence electrons. The number of imidazole rings is 1. The van der Waals surface area contributed by atoms with Crippen LogP contribution in [0.3, 0.4) is 0 Å². The number of methoxy groups -OCH3 is 1. The molecule has 3 aromatic rings. The summed E-state index contributed by atoms with van der Waals surface area (Å²) in [6, 6.07) is 13.3. The highest BCUT2D eigenvalue weighted by atomic mass is 35.5. The minimum Gasteiger partial charge on any atom is -0.497 e. The Morgan fingerprint density at radius 3 is 2.83 bits per heavy atom. The predicted molar refractivity (Wildman–Crippen MR) is 114 cm³/mol. The number of benzene rings is 2. The lowest BCUT2D eigenvalue weighted by Crippen LogP contribution is -2.34. The molecule has 4 rings (SSSR count). The summed E-state index contributed by atoms with van der Waals surface area (Å²) in [4.78, 5) is 5.26. The van der Waals surface area contributed by atoms with E-state index >= 15 is 0 Å². The Labute approximate surface area is 178 Å². The molecule has 0 spiro atoms. The third-order valence-corrected chi connectivity index (χ3v) is 6.17. The summed E-state index contributed by atoms with van der Waals surface area (Å²) in [5.41, 5.74) is 7.29. The molecule has 2 aromatic carbocycles. The van der Waals surface area contributed by atoms with Gasteiger partial charge in [0, 0.05) is 34.3 Å². The van der Waals surface area contributed by atoms with Gasteiger partial charge >= 0.3 is 0 Å². The molecule has 2 heterocycles. The smallest absolute Gasteiger partial charge is 0.215 e. The van der Waals surface area contributed by atoms with Crippen molar-refractivity contribution in [2.24, 2.45) is 0 Å². The molecule has 1 aliphatic heterocycles. The van der Waals surface area contributed by atoms with Crippen LogP contribution in [0.2, 0.25) is 5.02 Å². The van der Waals surface area contributed by atoms with Crippen LogP contribution in [-0.4, -0.2) is 35.1 Å². The van der Waals surface area contributed by atoms with E-state index in [9.17, 15) is 0 Å². The van der Waals surface area contributed by atoms with Crippen LogP contribution < -0.4 is 10.5 Å². The van der Waals surface area contributed by atoms with Gasteiger partial charge in [0.2, 0.25) is 5.79 Å². The van der Waals surface area contributed by atoms with Crippen LogP contribution in [0.1, 0.15) is 5.56 Å². The summed E-state index contributed by atoms with van der Waals surface area (Å²) in [5, 5.41) is 0.538. The van der Waals surface area contributed by atoms with E-state index in [0.29, 0.717) is 23.9 Å². The number of nitrogen functional groups attached to an aromatic ring is 1. The fourth-order valence-corrected chi connectivity index (χ4v) is 4.45. The van der Waals surface area contributed by atoms with Crippen LogP contribution in [0.15, 0.2) is 66.1 Å². The molecule has 2 N–H and O–H groups in total. The van der Waals surface area contributed by atoms with Crippen molar-refractivity contribution < 1.29 is 14.2 Å². The van der Waals surface area contributed by atoms with Gasteiger partial charge in [-0.15, -0.1) is 11.8 Å². The molecule has 1 saturated heterocycles. The Kier molecular flexibility index (Phi) is 6.01. The first-order valence-corrected chi connectivity index (χ1v) is 10.5. The van der Waals surface area contributed by atoms with Gasteiger partial charge in [0.05, 0.1) is 37.7 Å². The van der Waals surface area contributed by atoms with Gasteiger partial charge in [-0.05, 0) is 42.5 Å². The van der Waals surface area contributed by atoms with E-state index in [-0.39, 0.29) is 6.10 Å². The minimum atomic E-state index is -0.990. The van der Waals surface area contributed by atoms with Crippen LogP contribution in [-0.2, 0) is 21.8 Å². The van der Waals surface area contributed by atoms with Gasteiger partial charge in [0.25, 0.3) is 0 Å². The number of aromatic nitrogens is 2. The molecule has 0 bridgehead atoms. The van der Waals surface area contributed by atoms with Gasteiger partial charge in [-0.25, -0.2) is 4.98 Å². The van der Waals surface area contributed by atoms with Crippen molar-refractivity contribution in [2.75, 3.05) is 25.2 Å². The average molecular weight is 432 g/mol. The summed E-state index contributed by atoms with van der Waals surface area (Å²) in [6.45, 7) is 0.918. The molecule has 6 nitrogen and oxygen atoms in total. The lowest BCUT2D eigenvalue weighted by Gasteiger charge is -2.30. The van der Waals surface area contributed by atoms with E-state index in [1.54, 1.807) is 37.5 Å². The molecular weight excluding hydrogens is 410 g/mol. The van der Waals surface area contributed by atoms with Gasteiger partial charge in [-0.1, -0.05) is 11.6 Å². The topological polar surface area (TPSA) is 71.5 Å². The zero-order valence-electron chi connectivity index (χ0n) is 16.0. The van der Waals surface area contributed by atoms with Crippen LogP contribution in [0.5, 0.6) is 5.75 Å². The number of nitrogens with two attached hydrogens (primary N) is 1. The van der Waals surface area contributed by atoms with E-state index < -0.39 is 5.79 Å². The van der Waals surface area contributed by atoms with Gasteiger partial charge in [-0.2, -0.15) is 0 Å². The number of halogens is 1. The number of nitrogens with zero attached hydrogens (tertiary/aromatic N) is 2. The Balaban J connectivity index is 1.54. The van der Waals surface area contributed by atoms with E-state index in [4.69, 9.17) is 31.5 Å². The van der Waals surface area contributed by atoms with Gasteiger partial charge in [0.1, 0.15) is 5.75 Å².